The van der Waals surface area contributed by atoms with Gasteiger partial charge in [-0.05, 0) is 29.8 Å². The summed E-state index contributed by atoms with van der Waals surface area (Å²) < 4.78 is 21.3. The fourth-order valence-electron chi connectivity index (χ4n) is 3.91. The Kier molecular flexibility index (Phi) is 10.2. The second-order valence-corrected chi connectivity index (χ2v) is 8.59. The lowest BCUT2D eigenvalue weighted by atomic mass is 9.86. The molecule has 0 radical (unpaired) electrons. The lowest BCUT2D eigenvalue weighted by Crippen LogP contribution is -2.60. The van der Waals surface area contributed by atoms with Crippen LogP contribution in [0.3, 0.4) is 0 Å². The van der Waals surface area contributed by atoms with Gasteiger partial charge in [0.1, 0.15) is 36.8 Å². The van der Waals surface area contributed by atoms with Crippen molar-refractivity contribution in [1.82, 2.24) is 0 Å². The van der Waals surface area contributed by atoms with Crippen molar-refractivity contribution in [3.05, 3.63) is 59.4 Å². The van der Waals surface area contributed by atoms with Crippen LogP contribution in [0.25, 0.3) is 6.08 Å². The van der Waals surface area contributed by atoms with Crippen molar-refractivity contribution in [2.24, 2.45) is 5.92 Å². The topological polar surface area (TPSA) is 230 Å². The van der Waals surface area contributed by atoms with Crippen LogP contribution in [0.15, 0.2) is 53.8 Å². The van der Waals surface area contributed by atoms with E-state index >= 15 is 0 Å². The van der Waals surface area contributed by atoms with E-state index in [0.29, 0.717) is 5.56 Å². The van der Waals surface area contributed by atoms with Crippen LogP contribution in [0.1, 0.15) is 12.0 Å². The minimum Gasteiger partial charge on any atom is -0.508 e. The quantitative estimate of drug-likeness (QED) is 0.106. The number of ether oxygens (including phenoxy) is 4. The molecule has 0 spiro atoms. The Bertz CT molecular complexity index is 1120. The van der Waals surface area contributed by atoms with Crippen molar-refractivity contribution in [2.75, 3.05) is 13.2 Å². The van der Waals surface area contributed by atoms with Gasteiger partial charge in [-0.1, -0.05) is 12.1 Å². The van der Waals surface area contributed by atoms with Gasteiger partial charge in [0.15, 0.2) is 6.29 Å². The Morgan fingerprint density at radius 3 is 2.31 bits per heavy atom. The molecule has 7 atom stereocenters. The van der Waals surface area contributed by atoms with Crippen LogP contribution in [0.5, 0.6) is 5.75 Å². The minimum absolute atomic E-state index is 0.0437. The van der Waals surface area contributed by atoms with Crippen molar-refractivity contribution < 1.29 is 69.1 Å². The van der Waals surface area contributed by atoms with E-state index in [2.05, 4.69) is 0 Å². The maximum Gasteiger partial charge on any atom is 0.335 e. The molecule has 0 aromatic heterocycles. The zero-order chi connectivity index (χ0) is 28.7. The van der Waals surface area contributed by atoms with Crippen molar-refractivity contribution >= 4 is 24.0 Å². The van der Waals surface area contributed by atoms with Crippen molar-refractivity contribution in [2.45, 2.75) is 43.4 Å². The van der Waals surface area contributed by atoms with Gasteiger partial charge in [-0.2, -0.15) is 0 Å². The van der Waals surface area contributed by atoms with Gasteiger partial charge >= 0.3 is 17.9 Å². The molecule has 2 aliphatic rings. The smallest absolute Gasteiger partial charge is 0.335 e. The lowest BCUT2D eigenvalue weighted by molar-refractivity contribution is -0.327. The van der Waals surface area contributed by atoms with Gasteiger partial charge in [0.05, 0.1) is 24.9 Å². The van der Waals surface area contributed by atoms with E-state index in [1.165, 1.54) is 24.3 Å². The number of esters is 1. The first-order chi connectivity index (χ1) is 18.5. The summed E-state index contributed by atoms with van der Waals surface area (Å²) in [5, 5.41) is 67.9. The molecular formula is C25H28O14. The molecule has 0 bridgehead atoms. The molecule has 0 aliphatic carbocycles. The number of phenols is 1. The maximum atomic E-state index is 12.2. The van der Waals surface area contributed by atoms with E-state index in [-0.39, 0.29) is 11.3 Å². The fourth-order valence-corrected chi connectivity index (χ4v) is 3.91. The molecule has 2 heterocycles. The number of hydrogen-bond donors (Lipinski definition) is 7. The van der Waals surface area contributed by atoms with Crippen LogP contribution in [-0.4, -0.2) is 104 Å². The number of aliphatic carboxylic acids is 2. The molecule has 1 aromatic rings. The molecule has 1 aromatic carbocycles. The first-order valence-electron chi connectivity index (χ1n) is 11.6. The fraction of sp³-hybridized carbons (Fsp3) is 0.400. The van der Waals surface area contributed by atoms with Gasteiger partial charge in [-0.25, -0.2) is 9.59 Å². The van der Waals surface area contributed by atoms with E-state index in [9.17, 15) is 50.1 Å². The van der Waals surface area contributed by atoms with Gasteiger partial charge in [0.25, 0.3) is 0 Å². The molecule has 7 unspecified atom stereocenters. The SMILES string of the molecule is O=C(O)CC1C(C(=O)O)=COC(OC2OC(CO)C(O)C(O)C2O)C1=CCOC(=O)C=Cc1ccc(O)cc1. The number of hydrogen-bond acceptors (Lipinski definition) is 12. The zero-order valence-corrected chi connectivity index (χ0v) is 20.3. The Balaban J connectivity index is 1.81. The summed E-state index contributed by atoms with van der Waals surface area (Å²) in [5.74, 6) is -4.91. The molecule has 1 fully saturated rings. The van der Waals surface area contributed by atoms with Gasteiger partial charge in [0.2, 0.25) is 6.29 Å². The average Bonchev–Trinajstić information content (AvgIpc) is 2.89. The summed E-state index contributed by atoms with van der Waals surface area (Å²) in [6, 6.07) is 5.95. The Hall–Kier alpha value is -3.79. The van der Waals surface area contributed by atoms with Crippen LogP contribution in [0.2, 0.25) is 0 Å². The van der Waals surface area contributed by atoms with Crippen molar-refractivity contribution in [3.8, 4) is 5.75 Å². The van der Waals surface area contributed by atoms with E-state index in [0.717, 1.165) is 12.3 Å². The molecule has 7 N–H and O–H groups in total. The van der Waals surface area contributed by atoms with Crippen LogP contribution in [0, 0.1) is 5.92 Å². The second kappa shape index (κ2) is 13.3. The molecule has 212 valence electrons. The summed E-state index contributed by atoms with van der Waals surface area (Å²) in [7, 11) is 0. The highest BCUT2D eigenvalue weighted by Gasteiger charge is 2.46. The number of aliphatic hydroxyl groups excluding tert-OH is 4. The molecule has 39 heavy (non-hydrogen) atoms. The molecule has 2 aliphatic heterocycles. The van der Waals surface area contributed by atoms with Gasteiger partial charge in [-0.3, -0.25) is 4.79 Å². The van der Waals surface area contributed by atoms with Gasteiger partial charge in [-0.15, -0.1) is 0 Å². The molecule has 3 rings (SSSR count). The second-order valence-electron chi connectivity index (χ2n) is 8.59. The number of rotatable bonds is 10. The van der Waals surface area contributed by atoms with Crippen LogP contribution < -0.4 is 0 Å². The predicted octanol–water partition coefficient (Wildman–Crippen LogP) is -0.893. The molecule has 14 nitrogen and oxygen atoms in total. The summed E-state index contributed by atoms with van der Waals surface area (Å²) >= 11 is 0. The number of carbonyl (C=O) groups is 3. The maximum absolute atomic E-state index is 12.2. The standard InChI is InChI=1S/C25H28O14/c26-10-17-20(31)21(32)22(33)25(38-17)39-24-14(15(9-18(28)29)16(11-37-24)23(34)35)7-8-36-19(30)6-3-12-1-4-13(27)5-2-12/h1-7,11,15,17,20-22,24-27,31-33H,8-10H2,(H,28,29)(H,34,35). The summed E-state index contributed by atoms with van der Waals surface area (Å²) in [5.41, 5.74) is 0.0648. The lowest BCUT2D eigenvalue weighted by Gasteiger charge is -2.41. The average molecular weight is 552 g/mol. The number of phenolic OH excluding ortho intramolecular Hbond substituents is 1. The first kappa shape index (κ1) is 29.8. The van der Waals surface area contributed by atoms with Crippen LogP contribution >= 0.6 is 0 Å². The van der Waals surface area contributed by atoms with E-state index in [1.54, 1.807) is 12.1 Å². The monoisotopic (exact) mass is 552 g/mol. The number of aromatic hydroxyl groups is 1. The number of carboxylic acid groups (broad SMARTS) is 2. The normalized spacial score (nSPS) is 30.0. The van der Waals surface area contributed by atoms with Crippen LogP contribution in [0.4, 0.5) is 0 Å². The molecule has 1 saturated heterocycles. The molecule has 14 heteroatoms. The highest BCUT2D eigenvalue weighted by molar-refractivity contribution is 5.89. The Morgan fingerprint density at radius 2 is 1.69 bits per heavy atom. The molecule has 0 saturated carbocycles. The Morgan fingerprint density at radius 1 is 1.00 bits per heavy atom. The number of benzene rings is 1. The number of carboxylic acids is 2. The zero-order valence-electron chi connectivity index (χ0n) is 20.3. The Labute approximate surface area is 221 Å². The van der Waals surface area contributed by atoms with Gasteiger partial charge < -0.3 is 54.7 Å². The van der Waals surface area contributed by atoms with E-state index in [4.69, 9.17) is 18.9 Å². The summed E-state index contributed by atoms with van der Waals surface area (Å²) in [4.78, 5) is 35.4. The third-order valence-electron chi connectivity index (χ3n) is 5.95. The molecule has 0 amide bonds. The largest absolute Gasteiger partial charge is 0.508 e. The van der Waals surface area contributed by atoms with Crippen molar-refractivity contribution in [3.63, 3.8) is 0 Å². The third-order valence-corrected chi connectivity index (χ3v) is 5.95. The van der Waals surface area contributed by atoms with Crippen molar-refractivity contribution in [1.29, 1.82) is 0 Å². The van der Waals surface area contributed by atoms with Crippen LogP contribution in [-0.2, 0) is 33.3 Å². The van der Waals surface area contributed by atoms with E-state index in [1.807, 2.05) is 0 Å². The highest BCUT2D eigenvalue weighted by Crippen LogP contribution is 2.35. The molecular weight excluding hydrogens is 524 g/mol. The highest BCUT2D eigenvalue weighted by atomic mass is 16.8. The summed E-state index contributed by atoms with van der Waals surface area (Å²) in [6.07, 6.45) is -6.07. The number of carbonyl (C=O) groups excluding carboxylic acids is 1. The number of aliphatic hydroxyl groups is 4. The third kappa shape index (κ3) is 7.63. The predicted molar refractivity (Wildman–Crippen MR) is 127 cm³/mol. The van der Waals surface area contributed by atoms with E-state index < -0.39 is 86.0 Å². The first-order valence-corrected chi connectivity index (χ1v) is 11.6. The van der Waals surface area contributed by atoms with Gasteiger partial charge in [0, 0.05) is 17.6 Å². The summed E-state index contributed by atoms with van der Waals surface area (Å²) in [6.45, 7) is -1.20. The minimum atomic E-state index is -1.82.